The Morgan fingerprint density at radius 2 is 2.19 bits per heavy atom. The standard InChI is InChI=1S/C16H19N3O2/c1-10-13-8-12(2-3-14(13)18-21-10)16(20)17-15-9-19-6-4-11(15)5-7-19/h2-3,8,11,15H,4-7,9H2,1H3,(H,17,20)/t15-/m0/s1. The molecule has 1 aromatic heterocycles. The lowest BCUT2D eigenvalue weighted by Gasteiger charge is -2.44. The minimum absolute atomic E-state index is 0.0104. The van der Waals surface area contributed by atoms with Gasteiger partial charge in [-0.15, -0.1) is 0 Å². The molecule has 5 heteroatoms. The Balaban J connectivity index is 1.54. The van der Waals surface area contributed by atoms with E-state index in [0.717, 1.165) is 23.2 Å². The second kappa shape index (κ2) is 4.84. The number of benzene rings is 1. The first-order valence-electron chi connectivity index (χ1n) is 7.60. The van der Waals surface area contributed by atoms with Crippen LogP contribution in [0.2, 0.25) is 0 Å². The number of aryl methyl sites for hydroxylation is 1. The predicted molar refractivity (Wildman–Crippen MR) is 79.2 cm³/mol. The maximum Gasteiger partial charge on any atom is 0.251 e. The highest BCUT2D eigenvalue weighted by molar-refractivity contribution is 5.98. The zero-order valence-corrected chi connectivity index (χ0v) is 12.1. The van der Waals surface area contributed by atoms with Crippen LogP contribution < -0.4 is 5.32 Å². The Kier molecular flexibility index (Phi) is 2.96. The average molecular weight is 285 g/mol. The van der Waals surface area contributed by atoms with Crippen LogP contribution in [0.3, 0.4) is 0 Å². The fourth-order valence-electron chi connectivity index (χ4n) is 3.59. The molecule has 5 nitrogen and oxygen atoms in total. The summed E-state index contributed by atoms with van der Waals surface area (Å²) in [4.78, 5) is 14.9. The summed E-state index contributed by atoms with van der Waals surface area (Å²) in [5, 5.41) is 8.08. The Hall–Kier alpha value is -1.88. The smallest absolute Gasteiger partial charge is 0.251 e. The van der Waals surface area contributed by atoms with Crippen molar-refractivity contribution in [2.45, 2.75) is 25.8 Å². The molecular weight excluding hydrogens is 266 g/mol. The number of hydrogen-bond acceptors (Lipinski definition) is 4. The summed E-state index contributed by atoms with van der Waals surface area (Å²) in [5.74, 6) is 1.40. The van der Waals surface area contributed by atoms with Gasteiger partial charge in [0.25, 0.3) is 5.91 Å². The van der Waals surface area contributed by atoms with Gasteiger partial charge in [-0.05, 0) is 57.0 Å². The quantitative estimate of drug-likeness (QED) is 0.916. The van der Waals surface area contributed by atoms with Crippen LogP contribution in [-0.4, -0.2) is 41.6 Å². The lowest BCUT2D eigenvalue weighted by molar-refractivity contribution is 0.0620. The highest BCUT2D eigenvalue weighted by Crippen LogP contribution is 2.28. The number of nitrogens with one attached hydrogen (secondary N) is 1. The molecular formula is C16H19N3O2. The Bertz CT molecular complexity index is 686. The Labute approximate surface area is 123 Å². The average Bonchev–Trinajstić information content (AvgIpc) is 2.89. The van der Waals surface area contributed by atoms with Crippen molar-refractivity contribution >= 4 is 16.8 Å². The van der Waals surface area contributed by atoms with Crippen LogP contribution in [0.25, 0.3) is 10.9 Å². The topological polar surface area (TPSA) is 58.4 Å². The van der Waals surface area contributed by atoms with Crippen LogP contribution in [0.5, 0.6) is 0 Å². The first-order valence-corrected chi connectivity index (χ1v) is 7.60. The van der Waals surface area contributed by atoms with Crippen LogP contribution >= 0.6 is 0 Å². The lowest BCUT2D eigenvalue weighted by atomic mass is 9.84. The van der Waals surface area contributed by atoms with E-state index in [0.29, 0.717) is 17.5 Å². The van der Waals surface area contributed by atoms with Gasteiger partial charge >= 0.3 is 0 Å². The van der Waals surface area contributed by atoms with Crippen molar-refractivity contribution in [2.75, 3.05) is 19.6 Å². The van der Waals surface area contributed by atoms with E-state index < -0.39 is 0 Å². The summed E-state index contributed by atoms with van der Waals surface area (Å²) in [6.07, 6.45) is 2.41. The first-order chi connectivity index (χ1) is 10.2. The minimum atomic E-state index is 0.0104. The van der Waals surface area contributed by atoms with Crippen molar-refractivity contribution in [3.63, 3.8) is 0 Å². The molecule has 1 amide bonds. The van der Waals surface area contributed by atoms with Crippen LogP contribution in [-0.2, 0) is 0 Å². The molecule has 0 unspecified atom stereocenters. The van der Waals surface area contributed by atoms with Crippen molar-refractivity contribution in [3.8, 4) is 0 Å². The maximum absolute atomic E-state index is 12.5. The van der Waals surface area contributed by atoms with Gasteiger partial charge in [-0.25, -0.2) is 0 Å². The molecule has 1 atom stereocenters. The highest BCUT2D eigenvalue weighted by atomic mass is 16.5. The van der Waals surface area contributed by atoms with Crippen LogP contribution in [0.15, 0.2) is 22.7 Å². The molecule has 3 aliphatic rings. The van der Waals surface area contributed by atoms with Gasteiger partial charge in [-0.3, -0.25) is 4.79 Å². The third-order valence-corrected chi connectivity index (χ3v) is 4.89. The number of piperidine rings is 3. The molecule has 3 fully saturated rings. The van der Waals surface area contributed by atoms with Crippen LogP contribution in [0, 0.1) is 12.8 Å². The van der Waals surface area contributed by atoms with Crippen molar-refractivity contribution in [3.05, 3.63) is 29.5 Å². The van der Waals surface area contributed by atoms with Gasteiger partial charge in [0.2, 0.25) is 0 Å². The number of fused-ring (bicyclic) bond motifs is 4. The van der Waals surface area contributed by atoms with Gasteiger partial charge in [0.05, 0.1) is 0 Å². The number of carbonyl (C=O) groups is 1. The summed E-state index contributed by atoms with van der Waals surface area (Å²) in [6, 6.07) is 5.83. The van der Waals surface area contributed by atoms with Crippen molar-refractivity contribution < 1.29 is 9.32 Å². The number of carbonyl (C=O) groups excluding carboxylic acids is 1. The molecule has 4 heterocycles. The Morgan fingerprint density at radius 3 is 2.90 bits per heavy atom. The van der Waals surface area contributed by atoms with Gasteiger partial charge < -0.3 is 14.7 Å². The fraction of sp³-hybridized carbons (Fsp3) is 0.500. The van der Waals surface area contributed by atoms with Crippen molar-refractivity contribution in [1.82, 2.24) is 15.4 Å². The van der Waals surface area contributed by atoms with E-state index in [9.17, 15) is 4.79 Å². The summed E-state index contributed by atoms with van der Waals surface area (Å²) in [7, 11) is 0. The summed E-state index contributed by atoms with van der Waals surface area (Å²) in [6.45, 7) is 5.22. The van der Waals surface area contributed by atoms with Crippen LogP contribution in [0.1, 0.15) is 29.0 Å². The van der Waals surface area contributed by atoms with E-state index in [1.807, 2.05) is 25.1 Å². The summed E-state index contributed by atoms with van der Waals surface area (Å²) in [5.41, 5.74) is 1.48. The number of hydrogen-bond donors (Lipinski definition) is 1. The molecule has 0 saturated carbocycles. The predicted octanol–water partition coefficient (Wildman–Crippen LogP) is 1.96. The fourth-order valence-corrected chi connectivity index (χ4v) is 3.59. The second-order valence-electron chi connectivity index (χ2n) is 6.19. The van der Waals surface area contributed by atoms with E-state index in [-0.39, 0.29) is 5.91 Å². The largest absolute Gasteiger partial charge is 0.360 e. The zero-order valence-electron chi connectivity index (χ0n) is 12.1. The molecule has 110 valence electrons. The summed E-state index contributed by atoms with van der Waals surface area (Å²) < 4.78 is 5.15. The zero-order chi connectivity index (χ0) is 14.4. The summed E-state index contributed by atoms with van der Waals surface area (Å²) >= 11 is 0. The number of aromatic nitrogens is 1. The normalized spacial score (nSPS) is 28.0. The van der Waals surface area contributed by atoms with Crippen LogP contribution in [0.4, 0.5) is 0 Å². The van der Waals surface area contributed by atoms with Gasteiger partial charge in [-0.2, -0.15) is 0 Å². The van der Waals surface area contributed by atoms with Crippen molar-refractivity contribution in [2.24, 2.45) is 5.92 Å². The van der Waals surface area contributed by atoms with Gasteiger partial charge in [0, 0.05) is 23.5 Å². The molecule has 21 heavy (non-hydrogen) atoms. The molecule has 1 aromatic carbocycles. The molecule has 3 saturated heterocycles. The highest BCUT2D eigenvalue weighted by Gasteiger charge is 2.34. The molecule has 0 spiro atoms. The van der Waals surface area contributed by atoms with E-state index >= 15 is 0 Å². The number of rotatable bonds is 2. The van der Waals surface area contributed by atoms with Gasteiger partial charge in [0.1, 0.15) is 11.3 Å². The third kappa shape index (κ3) is 2.21. The molecule has 5 rings (SSSR count). The molecule has 2 aromatic rings. The lowest BCUT2D eigenvalue weighted by Crippen LogP contribution is -2.57. The second-order valence-corrected chi connectivity index (χ2v) is 6.19. The first kappa shape index (κ1) is 12.8. The Morgan fingerprint density at radius 1 is 1.38 bits per heavy atom. The molecule has 1 N–H and O–H groups in total. The number of nitrogens with zero attached hydrogens (tertiary/aromatic N) is 2. The maximum atomic E-state index is 12.5. The molecule has 3 aliphatic heterocycles. The molecule has 0 radical (unpaired) electrons. The van der Waals surface area contributed by atoms with E-state index in [4.69, 9.17) is 4.52 Å². The van der Waals surface area contributed by atoms with Crippen molar-refractivity contribution in [1.29, 1.82) is 0 Å². The van der Waals surface area contributed by atoms with E-state index in [2.05, 4.69) is 15.4 Å². The monoisotopic (exact) mass is 285 g/mol. The molecule has 2 bridgehead atoms. The SMILES string of the molecule is Cc1onc2ccc(C(=O)N[C@H]3CN4CCC3CC4)cc12. The molecule has 0 aliphatic carbocycles. The number of amides is 1. The van der Waals surface area contributed by atoms with E-state index in [1.54, 1.807) is 0 Å². The van der Waals surface area contributed by atoms with E-state index in [1.165, 1.54) is 25.9 Å². The minimum Gasteiger partial charge on any atom is -0.360 e. The third-order valence-electron chi connectivity index (χ3n) is 4.89. The van der Waals surface area contributed by atoms with Gasteiger partial charge in [0.15, 0.2) is 0 Å². The van der Waals surface area contributed by atoms with Gasteiger partial charge in [-0.1, -0.05) is 5.16 Å².